The van der Waals surface area contributed by atoms with Crippen LogP contribution in [0.4, 0.5) is 0 Å². The lowest BCUT2D eigenvalue weighted by molar-refractivity contribution is 0.0598. The fraction of sp³-hybridized carbons (Fsp3) is 0.400. The monoisotopic (exact) mass is 278 g/mol. The molecule has 0 heterocycles. The standard InChI is InChI=1S/C20H22O/c21-20(14-6-10-16-7-1-3-12-18(16)20)19-13-4-2-11-17(19)15-8-5-9-15/h1-4,7,11-13,15,21H,5-6,8-10,14H2. The summed E-state index contributed by atoms with van der Waals surface area (Å²) >= 11 is 0. The maximum absolute atomic E-state index is 11.5. The molecule has 2 aromatic carbocycles. The van der Waals surface area contributed by atoms with Crippen molar-refractivity contribution in [2.24, 2.45) is 0 Å². The lowest BCUT2D eigenvalue weighted by Gasteiger charge is -2.39. The Hall–Kier alpha value is -1.60. The summed E-state index contributed by atoms with van der Waals surface area (Å²) in [5, 5.41) is 11.5. The summed E-state index contributed by atoms with van der Waals surface area (Å²) < 4.78 is 0. The molecule has 21 heavy (non-hydrogen) atoms. The van der Waals surface area contributed by atoms with E-state index in [1.807, 2.05) is 0 Å². The first-order valence-corrected chi connectivity index (χ1v) is 8.19. The van der Waals surface area contributed by atoms with Crippen molar-refractivity contribution < 1.29 is 5.11 Å². The van der Waals surface area contributed by atoms with Crippen LogP contribution < -0.4 is 0 Å². The quantitative estimate of drug-likeness (QED) is 0.856. The van der Waals surface area contributed by atoms with Gasteiger partial charge >= 0.3 is 0 Å². The summed E-state index contributed by atoms with van der Waals surface area (Å²) in [6.07, 6.45) is 6.86. The lowest BCUT2D eigenvalue weighted by atomic mass is 9.69. The van der Waals surface area contributed by atoms with Crippen LogP contribution in [0.1, 0.15) is 60.3 Å². The van der Waals surface area contributed by atoms with Crippen LogP contribution in [0.5, 0.6) is 0 Å². The summed E-state index contributed by atoms with van der Waals surface area (Å²) in [7, 11) is 0. The highest BCUT2D eigenvalue weighted by Crippen LogP contribution is 2.46. The van der Waals surface area contributed by atoms with Crippen LogP contribution >= 0.6 is 0 Å². The molecule has 2 aromatic rings. The molecular formula is C20H22O. The predicted octanol–water partition coefficient (Wildman–Crippen LogP) is 4.53. The van der Waals surface area contributed by atoms with Gasteiger partial charge in [-0.05, 0) is 60.3 Å². The molecule has 1 saturated carbocycles. The highest BCUT2D eigenvalue weighted by Gasteiger charge is 2.38. The molecule has 2 aliphatic carbocycles. The molecule has 0 aromatic heterocycles. The third-order valence-electron chi connectivity index (χ3n) is 5.40. The van der Waals surface area contributed by atoms with Crippen LogP contribution in [0, 0.1) is 0 Å². The number of rotatable bonds is 2. The molecule has 0 radical (unpaired) electrons. The van der Waals surface area contributed by atoms with E-state index in [0.717, 1.165) is 30.4 Å². The van der Waals surface area contributed by atoms with Gasteiger partial charge in [-0.2, -0.15) is 0 Å². The molecule has 0 amide bonds. The zero-order valence-electron chi connectivity index (χ0n) is 12.4. The van der Waals surface area contributed by atoms with Gasteiger partial charge in [0.05, 0.1) is 0 Å². The fourth-order valence-electron chi connectivity index (χ4n) is 4.04. The second-order valence-electron chi connectivity index (χ2n) is 6.59. The van der Waals surface area contributed by atoms with Crippen LogP contribution in [0.2, 0.25) is 0 Å². The maximum Gasteiger partial charge on any atom is 0.115 e. The molecule has 0 bridgehead atoms. The van der Waals surface area contributed by atoms with Gasteiger partial charge in [-0.15, -0.1) is 0 Å². The summed E-state index contributed by atoms with van der Waals surface area (Å²) in [4.78, 5) is 0. The average Bonchev–Trinajstić information content (AvgIpc) is 2.47. The summed E-state index contributed by atoms with van der Waals surface area (Å²) in [6.45, 7) is 0. The molecule has 2 aliphatic rings. The number of fused-ring (bicyclic) bond motifs is 1. The molecular weight excluding hydrogens is 256 g/mol. The molecule has 1 N–H and O–H groups in total. The first-order chi connectivity index (χ1) is 10.3. The van der Waals surface area contributed by atoms with Crippen LogP contribution in [-0.4, -0.2) is 5.11 Å². The van der Waals surface area contributed by atoms with E-state index in [2.05, 4.69) is 48.5 Å². The van der Waals surface area contributed by atoms with Gasteiger partial charge in [0.25, 0.3) is 0 Å². The third kappa shape index (κ3) is 2.03. The Balaban J connectivity index is 1.87. The van der Waals surface area contributed by atoms with E-state index in [-0.39, 0.29) is 0 Å². The lowest BCUT2D eigenvalue weighted by Crippen LogP contribution is -2.33. The Morgan fingerprint density at radius 2 is 1.57 bits per heavy atom. The minimum atomic E-state index is -0.791. The van der Waals surface area contributed by atoms with Gasteiger partial charge in [0, 0.05) is 0 Å². The zero-order chi connectivity index (χ0) is 14.3. The van der Waals surface area contributed by atoms with Crippen molar-refractivity contribution in [1.29, 1.82) is 0 Å². The molecule has 0 aliphatic heterocycles. The van der Waals surface area contributed by atoms with Crippen molar-refractivity contribution in [2.45, 2.75) is 50.0 Å². The van der Waals surface area contributed by atoms with E-state index in [1.54, 1.807) is 0 Å². The maximum atomic E-state index is 11.5. The van der Waals surface area contributed by atoms with Gasteiger partial charge in [-0.25, -0.2) is 0 Å². The summed E-state index contributed by atoms with van der Waals surface area (Å²) in [5.41, 5.74) is 4.18. The van der Waals surface area contributed by atoms with Gasteiger partial charge in [0.2, 0.25) is 0 Å². The van der Waals surface area contributed by atoms with Gasteiger partial charge in [0.1, 0.15) is 5.60 Å². The molecule has 4 rings (SSSR count). The molecule has 1 heteroatoms. The van der Waals surface area contributed by atoms with Crippen molar-refractivity contribution in [3.05, 3.63) is 70.8 Å². The fourth-order valence-corrected chi connectivity index (χ4v) is 4.04. The first-order valence-electron chi connectivity index (χ1n) is 8.19. The number of benzene rings is 2. The highest BCUT2D eigenvalue weighted by atomic mass is 16.3. The number of hydrogen-bond donors (Lipinski definition) is 1. The smallest absolute Gasteiger partial charge is 0.115 e. The molecule has 1 atom stereocenters. The van der Waals surface area contributed by atoms with E-state index in [1.165, 1.54) is 30.4 Å². The van der Waals surface area contributed by atoms with Crippen LogP contribution in [0.3, 0.4) is 0 Å². The minimum Gasteiger partial charge on any atom is -0.380 e. The van der Waals surface area contributed by atoms with E-state index in [9.17, 15) is 5.11 Å². The Labute approximate surface area is 126 Å². The Bertz CT molecular complexity index is 656. The molecule has 1 fully saturated rings. The van der Waals surface area contributed by atoms with Gasteiger partial charge in [-0.3, -0.25) is 0 Å². The van der Waals surface area contributed by atoms with Crippen molar-refractivity contribution >= 4 is 0 Å². The Morgan fingerprint density at radius 1 is 0.857 bits per heavy atom. The predicted molar refractivity (Wildman–Crippen MR) is 85.4 cm³/mol. The summed E-state index contributed by atoms with van der Waals surface area (Å²) in [6, 6.07) is 17.0. The van der Waals surface area contributed by atoms with Gasteiger partial charge in [-0.1, -0.05) is 55.0 Å². The Morgan fingerprint density at radius 3 is 2.33 bits per heavy atom. The average molecular weight is 278 g/mol. The number of hydrogen-bond acceptors (Lipinski definition) is 1. The Kier molecular flexibility index (Phi) is 3.11. The SMILES string of the molecule is OC1(c2ccccc2C2CCC2)CCCc2ccccc21. The molecule has 108 valence electrons. The zero-order valence-corrected chi connectivity index (χ0v) is 12.4. The summed E-state index contributed by atoms with van der Waals surface area (Å²) in [5.74, 6) is 0.652. The van der Waals surface area contributed by atoms with Crippen LogP contribution in [0.15, 0.2) is 48.5 Å². The molecule has 1 nitrogen and oxygen atoms in total. The number of aliphatic hydroxyl groups is 1. The van der Waals surface area contributed by atoms with Crippen molar-refractivity contribution in [1.82, 2.24) is 0 Å². The third-order valence-corrected chi connectivity index (χ3v) is 5.40. The number of aryl methyl sites for hydroxylation is 1. The second kappa shape index (κ2) is 4.99. The van der Waals surface area contributed by atoms with E-state index < -0.39 is 5.60 Å². The topological polar surface area (TPSA) is 20.2 Å². The van der Waals surface area contributed by atoms with Crippen molar-refractivity contribution in [2.75, 3.05) is 0 Å². The van der Waals surface area contributed by atoms with Gasteiger partial charge in [0.15, 0.2) is 0 Å². The normalized spacial score (nSPS) is 25.2. The van der Waals surface area contributed by atoms with Crippen molar-refractivity contribution in [3.63, 3.8) is 0 Å². The molecule has 0 saturated heterocycles. The van der Waals surface area contributed by atoms with Crippen LogP contribution in [-0.2, 0) is 12.0 Å². The largest absolute Gasteiger partial charge is 0.380 e. The highest BCUT2D eigenvalue weighted by molar-refractivity contribution is 5.47. The first kappa shape index (κ1) is 13.1. The van der Waals surface area contributed by atoms with Gasteiger partial charge < -0.3 is 5.11 Å². The molecule has 0 spiro atoms. The van der Waals surface area contributed by atoms with E-state index in [4.69, 9.17) is 0 Å². The van der Waals surface area contributed by atoms with Crippen LogP contribution in [0.25, 0.3) is 0 Å². The minimum absolute atomic E-state index is 0.652. The van der Waals surface area contributed by atoms with E-state index in [0.29, 0.717) is 5.92 Å². The second-order valence-corrected chi connectivity index (χ2v) is 6.59. The molecule has 1 unspecified atom stereocenters. The van der Waals surface area contributed by atoms with E-state index >= 15 is 0 Å². The van der Waals surface area contributed by atoms with Crippen molar-refractivity contribution in [3.8, 4) is 0 Å².